The minimum atomic E-state index is -3.44. The van der Waals surface area contributed by atoms with Crippen molar-refractivity contribution in [3.63, 3.8) is 0 Å². The van der Waals surface area contributed by atoms with Gasteiger partial charge in [-0.2, -0.15) is 11.8 Å². The molecule has 1 unspecified atom stereocenters. The molecule has 0 aromatic heterocycles. The van der Waals surface area contributed by atoms with E-state index in [-0.39, 0.29) is 6.04 Å². The van der Waals surface area contributed by atoms with Crippen LogP contribution < -0.4 is 10.0 Å². The Kier molecular flexibility index (Phi) is 5.71. The van der Waals surface area contributed by atoms with Crippen molar-refractivity contribution in [1.29, 1.82) is 0 Å². The number of hydrogen-bond acceptors (Lipinski definition) is 4. The summed E-state index contributed by atoms with van der Waals surface area (Å²) in [7, 11) is -3.44. The van der Waals surface area contributed by atoms with Crippen molar-refractivity contribution in [2.75, 3.05) is 12.0 Å². The molecular weight excluding hydrogens is 304 g/mol. The Labute approximate surface area is 132 Å². The molecule has 6 heteroatoms. The van der Waals surface area contributed by atoms with Crippen LogP contribution in [0.1, 0.15) is 30.9 Å². The Morgan fingerprint density at radius 1 is 1.38 bits per heavy atom. The number of rotatable bonds is 8. The van der Waals surface area contributed by atoms with Gasteiger partial charge in [-0.25, -0.2) is 13.1 Å². The van der Waals surface area contributed by atoms with Crippen LogP contribution in [0.5, 0.6) is 0 Å². The largest absolute Gasteiger partial charge is 0.310 e. The van der Waals surface area contributed by atoms with Crippen molar-refractivity contribution >= 4 is 21.8 Å². The molecule has 21 heavy (non-hydrogen) atoms. The molecule has 1 aromatic carbocycles. The maximum absolute atomic E-state index is 12.4. The standard InChI is InChI=1S/C15H24N2O2S2/c1-11-4-7-15(8-13(11)9-16-14-5-6-14)21(18,19)17-12(2)10-20-3/h4,7-8,12,14,16-17H,5-6,9-10H2,1-3H3. The van der Waals surface area contributed by atoms with Crippen molar-refractivity contribution in [3.05, 3.63) is 29.3 Å². The Bertz CT molecular complexity index is 583. The van der Waals surface area contributed by atoms with E-state index in [0.717, 1.165) is 23.4 Å². The van der Waals surface area contributed by atoms with Gasteiger partial charge < -0.3 is 5.32 Å². The molecule has 0 aliphatic heterocycles. The van der Waals surface area contributed by atoms with E-state index in [9.17, 15) is 8.42 Å². The number of aryl methyl sites for hydroxylation is 1. The van der Waals surface area contributed by atoms with Gasteiger partial charge in [-0.3, -0.25) is 0 Å². The zero-order valence-corrected chi connectivity index (χ0v) is 14.5. The molecule has 2 N–H and O–H groups in total. The van der Waals surface area contributed by atoms with Gasteiger partial charge in [0.1, 0.15) is 0 Å². The number of hydrogen-bond donors (Lipinski definition) is 2. The van der Waals surface area contributed by atoms with Crippen LogP contribution in [0.3, 0.4) is 0 Å². The minimum Gasteiger partial charge on any atom is -0.310 e. The summed E-state index contributed by atoms with van der Waals surface area (Å²) in [6.07, 6.45) is 4.42. The van der Waals surface area contributed by atoms with Gasteiger partial charge in [0.15, 0.2) is 0 Å². The zero-order chi connectivity index (χ0) is 15.5. The predicted molar refractivity (Wildman–Crippen MR) is 89.2 cm³/mol. The highest BCUT2D eigenvalue weighted by Gasteiger charge is 2.21. The number of nitrogens with one attached hydrogen (secondary N) is 2. The molecular formula is C15H24N2O2S2. The van der Waals surface area contributed by atoms with E-state index in [1.165, 1.54) is 12.8 Å². The molecule has 2 rings (SSSR count). The average Bonchev–Trinajstić information content (AvgIpc) is 3.21. The van der Waals surface area contributed by atoms with Gasteiger partial charge in [0.2, 0.25) is 10.0 Å². The molecule has 1 aliphatic rings. The van der Waals surface area contributed by atoms with Crippen molar-refractivity contribution in [3.8, 4) is 0 Å². The summed E-state index contributed by atoms with van der Waals surface area (Å²) in [6.45, 7) is 4.64. The van der Waals surface area contributed by atoms with Crippen LogP contribution in [0.15, 0.2) is 23.1 Å². The lowest BCUT2D eigenvalue weighted by molar-refractivity contribution is 0.570. The van der Waals surface area contributed by atoms with Gasteiger partial charge >= 0.3 is 0 Å². The van der Waals surface area contributed by atoms with E-state index in [0.29, 0.717) is 10.9 Å². The lowest BCUT2D eigenvalue weighted by Crippen LogP contribution is -2.34. The molecule has 1 fully saturated rings. The molecule has 1 aromatic rings. The fourth-order valence-electron chi connectivity index (χ4n) is 2.16. The van der Waals surface area contributed by atoms with Gasteiger partial charge in [-0.15, -0.1) is 0 Å². The second kappa shape index (κ2) is 7.13. The van der Waals surface area contributed by atoms with Crippen LogP contribution in [-0.2, 0) is 16.6 Å². The first-order valence-electron chi connectivity index (χ1n) is 7.26. The van der Waals surface area contributed by atoms with Gasteiger partial charge in [-0.05, 0) is 56.2 Å². The first-order chi connectivity index (χ1) is 9.92. The summed E-state index contributed by atoms with van der Waals surface area (Å²) in [6, 6.07) is 5.91. The summed E-state index contributed by atoms with van der Waals surface area (Å²) >= 11 is 1.63. The van der Waals surface area contributed by atoms with E-state index < -0.39 is 10.0 Å². The minimum absolute atomic E-state index is 0.0701. The van der Waals surface area contributed by atoms with E-state index in [1.54, 1.807) is 23.9 Å². The van der Waals surface area contributed by atoms with Gasteiger partial charge in [-0.1, -0.05) is 6.07 Å². The Hall–Kier alpha value is -0.560. The summed E-state index contributed by atoms with van der Waals surface area (Å²) in [5.74, 6) is 0.765. The van der Waals surface area contributed by atoms with Gasteiger partial charge in [0.25, 0.3) is 0 Å². The quantitative estimate of drug-likeness (QED) is 0.769. The van der Waals surface area contributed by atoms with Crippen molar-refractivity contribution in [2.45, 2.75) is 50.2 Å². The molecule has 1 saturated carbocycles. The molecule has 1 aliphatic carbocycles. The normalized spacial score (nSPS) is 16.9. The molecule has 0 amide bonds. The highest BCUT2D eigenvalue weighted by atomic mass is 32.2. The van der Waals surface area contributed by atoms with Crippen molar-refractivity contribution in [2.24, 2.45) is 0 Å². The third-order valence-corrected chi connectivity index (χ3v) is 5.98. The molecule has 118 valence electrons. The average molecular weight is 329 g/mol. The van der Waals surface area contributed by atoms with Crippen molar-refractivity contribution < 1.29 is 8.42 Å². The smallest absolute Gasteiger partial charge is 0.240 e. The highest BCUT2D eigenvalue weighted by Crippen LogP contribution is 2.21. The number of sulfonamides is 1. The summed E-state index contributed by atoms with van der Waals surface area (Å²) < 4.78 is 27.5. The van der Waals surface area contributed by atoms with Crippen LogP contribution in [0, 0.1) is 6.92 Å². The molecule has 4 nitrogen and oxygen atoms in total. The molecule has 0 saturated heterocycles. The monoisotopic (exact) mass is 328 g/mol. The number of benzene rings is 1. The van der Waals surface area contributed by atoms with Gasteiger partial charge in [0.05, 0.1) is 4.90 Å². The number of thioether (sulfide) groups is 1. The van der Waals surface area contributed by atoms with E-state index in [4.69, 9.17) is 0 Å². The highest BCUT2D eigenvalue weighted by molar-refractivity contribution is 7.98. The maximum atomic E-state index is 12.4. The Morgan fingerprint density at radius 2 is 2.10 bits per heavy atom. The second-order valence-corrected chi connectivity index (χ2v) is 8.35. The Morgan fingerprint density at radius 3 is 2.71 bits per heavy atom. The maximum Gasteiger partial charge on any atom is 0.240 e. The molecule has 0 bridgehead atoms. The Balaban J connectivity index is 2.12. The van der Waals surface area contributed by atoms with E-state index >= 15 is 0 Å². The fraction of sp³-hybridized carbons (Fsp3) is 0.600. The zero-order valence-electron chi connectivity index (χ0n) is 12.8. The van der Waals surface area contributed by atoms with Crippen molar-refractivity contribution in [1.82, 2.24) is 10.0 Å². The predicted octanol–water partition coefficient (Wildman–Crippen LogP) is 2.28. The van der Waals surface area contributed by atoms with E-state index in [2.05, 4.69) is 10.0 Å². The van der Waals surface area contributed by atoms with Crippen LogP contribution in [0.2, 0.25) is 0 Å². The summed E-state index contributed by atoms with van der Waals surface area (Å²) in [5.41, 5.74) is 2.18. The van der Waals surface area contributed by atoms with Crippen LogP contribution in [0.25, 0.3) is 0 Å². The molecule has 0 spiro atoms. The van der Waals surface area contributed by atoms with Crippen LogP contribution in [-0.4, -0.2) is 32.5 Å². The summed E-state index contributed by atoms with van der Waals surface area (Å²) in [4.78, 5) is 0.355. The van der Waals surface area contributed by atoms with Crippen LogP contribution in [0.4, 0.5) is 0 Å². The van der Waals surface area contributed by atoms with E-state index in [1.807, 2.05) is 26.2 Å². The molecule has 0 heterocycles. The third kappa shape index (κ3) is 4.98. The van der Waals surface area contributed by atoms with Crippen LogP contribution >= 0.6 is 11.8 Å². The second-order valence-electron chi connectivity index (χ2n) is 5.72. The lowest BCUT2D eigenvalue weighted by atomic mass is 10.1. The van der Waals surface area contributed by atoms with Gasteiger partial charge in [0, 0.05) is 24.4 Å². The molecule has 0 radical (unpaired) electrons. The first kappa shape index (κ1) is 16.8. The summed E-state index contributed by atoms with van der Waals surface area (Å²) in [5, 5.41) is 3.43. The third-order valence-electron chi connectivity index (χ3n) is 3.56. The lowest BCUT2D eigenvalue weighted by Gasteiger charge is -2.15. The fourth-order valence-corrected chi connectivity index (χ4v) is 4.15. The molecule has 1 atom stereocenters. The SMILES string of the molecule is CSCC(C)NS(=O)(=O)c1ccc(C)c(CNC2CC2)c1. The first-order valence-corrected chi connectivity index (χ1v) is 10.1. The topological polar surface area (TPSA) is 58.2 Å².